The fourth-order valence-electron chi connectivity index (χ4n) is 2.95. The van der Waals surface area contributed by atoms with Crippen molar-refractivity contribution in [1.29, 1.82) is 0 Å². The predicted molar refractivity (Wildman–Crippen MR) is 83.3 cm³/mol. The van der Waals surface area contributed by atoms with Crippen LogP contribution in [-0.2, 0) is 24.8 Å². The fraction of sp³-hybridized carbons (Fsp3) is 0.562. The first-order chi connectivity index (χ1) is 10.7. The van der Waals surface area contributed by atoms with Gasteiger partial charge in [-0.1, -0.05) is 0 Å². The van der Waals surface area contributed by atoms with Gasteiger partial charge in [-0.2, -0.15) is 5.10 Å². The Balaban J connectivity index is 1.62. The summed E-state index contributed by atoms with van der Waals surface area (Å²) in [5, 5.41) is 4.24. The van der Waals surface area contributed by atoms with E-state index in [0.29, 0.717) is 5.92 Å². The Bertz CT molecular complexity index is 612. The van der Waals surface area contributed by atoms with Gasteiger partial charge in [0.25, 0.3) is 0 Å². The lowest BCUT2D eigenvalue weighted by Gasteiger charge is -2.22. The average molecular weight is 301 g/mol. The Morgan fingerprint density at radius 2 is 2.32 bits per heavy atom. The molecule has 0 saturated carbocycles. The topological polar surface area (TPSA) is 56.1 Å². The Kier molecular flexibility index (Phi) is 4.80. The molecular weight excluding hydrogens is 278 g/mol. The summed E-state index contributed by atoms with van der Waals surface area (Å²) in [6.45, 7) is 6.44. The van der Waals surface area contributed by atoms with E-state index in [2.05, 4.69) is 26.2 Å². The number of hydrogen-bond donors (Lipinski definition) is 0. The number of rotatable bonds is 4. The van der Waals surface area contributed by atoms with E-state index < -0.39 is 0 Å². The standard InChI is InChI=1S/C16H23N5O/c1-13-17-4-3-16(19-13)7-14-10-21(5-6-22-12-14)11-15-8-18-20(2)9-15/h3-4,8-9,14H,5-7,10-12H2,1-2H3. The number of aryl methyl sites for hydroxylation is 2. The van der Waals surface area contributed by atoms with Gasteiger partial charge in [-0.3, -0.25) is 9.58 Å². The third-order valence-electron chi connectivity index (χ3n) is 3.92. The van der Waals surface area contributed by atoms with Gasteiger partial charge in [-0.05, 0) is 19.4 Å². The second-order valence-electron chi connectivity index (χ2n) is 6.00. The van der Waals surface area contributed by atoms with Crippen LogP contribution in [0.4, 0.5) is 0 Å². The molecule has 1 unspecified atom stereocenters. The molecular formula is C16H23N5O. The highest BCUT2D eigenvalue weighted by molar-refractivity contribution is 5.05. The summed E-state index contributed by atoms with van der Waals surface area (Å²) in [6.07, 6.45) is 6.79. The molecule has 6 heteroatoms. The highest BCUT2D eigenvalue weighted by Gasteiger charge is 2.20. The maximum Gasteiger partial charge on any atom is 0.125 e. The summed E-state index contributed by atoms with van der Waals surface area (Å²) in [6, 6.07) is 2.00. The number of aromatic nitrogens is 4. The molecule has 0 aromatic carbocycles. The molecule has 1 saturated heterocycles. The van der Waals surface area contributed by atoms with Crippen LogP contribution < -0.4 is 0 Å². The molecule has 0 aliphatic carbocycles. The van der Waals surface area contributed by atoms with Crippen LogP contribution in [0.5, 0.6) is 0 Å². The largest absolute Gasteiger partial charge is 0.380 e. The van der Waals surface area contributed by atoms with E-state index in [1.54, 1.807) is 0 Å². The van der Waals surface area contributed by atoms with Gasteiger partial charge in [-0.15, -0.1) is 0 Å². The third-order valence-corrected chi connectivity index (χ3v) is 3.92. The van der Waals surface area contributed by atoms with Gasteiger partial charge in [0.05, 0.1) is 19.4 Å². The van der Waals surface area contributed by atoms with E-state index in [-0.39, 0.29) is 0 Å². The number of ether oxygens (including phenoxy) is 1. The van der Waals surface area contributed by atoms with Crippen LogP contribution in [0, 0.1) is 12.8 Å². The quantitative estimate of drug-likeness (QED) is 0.849. The van der Waals surface area contributed by atoms with Gasteiger partial charge in [0.1, 0.15) is 5.82 Å². The Morgan fingerprint density at radius 1 is 1.41 bits per heavy atom. The van der Waals surface area contributed by atoms with Crippen LogP contribution in [0.25, 0.3) is 0 Å². The molecule has 6 nitrogen and oxygen atoms in total. The lowest BCUT2D eigenvalue weighted by molar-refractivity contribution is 0.121. The summed E-state index contributed by atoms with van der Waals surface area (Å²) < 4.78 is 7.63. The molecule has 0 radical (unpaired) electrons. The van der Waals surface area contributed by atoms with E-state index in [4.69, 9.17) is 4.74 Å². The molecule has 118 valence electrons. The van der Waals surface area contributed by atoms with E-state index >= 15 is 0 Å². The molecule has 0 amide bonds. The zero-order valence-corrected chi connectivity index (χ0v) is 13.3. The van der Waals surface area contributed by atoms with E-state index in [9.17, 15) is 0 Å². The second kappa shape index (κ2) is 6.98. The van der Waals surface area contributed by atoms with Gasteiger partial charge < -0.3 is 4.74 Å². The van der Waals surface area contributed by atoms with Crippen LogP contribution in [-0.4, -0.2) is 51.0 Å². The zero-order valence-electron chi connectivity index (χ0n) is 13.3. The van der Waals surface area contributed by atoms with Crippen molar-refractivity contribution >= 4 is 0 Å². The van der Waals surface area contributed by atoms with Crippen LogP contribution in [0.15, 0.2) is 24.7 Å². The van der Waals surface area contributed by atoms with Crippen molar-refractivity contribution in [3.05, 3.63) is 41.7 Å². The van der Waals surface area contributed by atoms with Crippen molar-refractivity contribution in [3.8, 4) is 0 Å². The molecule has 2 aromatic heterocycles. The fourth-order valence-corrected chi connectivity index (χ4v) is 2.95. The molecule has 1 fully saturated rings. The van der Waals surface area contributed by atoms with E-state index in [1.807, 2.05) is 37.1 Å². The summed E-state index contributed by atoms with van der Waals surface area (Å²) in [4.78, 5) is 11.1. The molecule has 0 bridgehead atoms. The first kappa shape index (κ1) is 15.1. The maximum absolute atomic E-state index is 5.78. The lowest BCUT2D eigenvalue weighted by atomic mass is 10.0. The molecule has 1 aliphatic rings. The summed E-state index contributed by atoms with van der Waals surface area (Å²) in [5.74, 6) is 1.30. The average Bonchev–Trinajstić information content (AvgIpc) is 2.75. The van der Waals surface area contributed by atoms with E-state index in [0.717, 1.165) is 50.8 Å². The SMILES string of the molecule is Cc1nccc(CC2COCCN(Cc3cnn(C)c3)C2)n1. The maximum atomic E-state index is 5.78. The first-order valence-electron chi connectivity index (χ1n) is 7.75. The van der Waals surface area contributed by atoms with Gasteiger partial charge in [-0.25, -0.2) is 9.97 Å². The van der Waals surface area contributed by atoms with Crippen molar-refractivity contribution in [3.63, 3.8) is 0 Å². The smallest absolute Gasteiger partial charge is 0.125 e. The number of nitrogens with zero attached hydrogens (tertiary/aromatic N) is 5. The second-order valence-corrected chi connectivity index (χ2v) is 6.00. The molecule has 0 spiro atoms. The van der Waals surface area contributed by atoms with Crippen LogP contribution >= 0.6 is 0 Å². The molecule has 3 rings (SSSR count). The van der Waals surface area contributed by atoms with E-state index in [1.165, 1.54) is 5.56 Å². The minimum atomic E-state index is 0.466. The normalized spacial score (nSPS) is 20.0. The Hall–Kier alpha value is -1.79. The summed E-state index contributed by atoms with van der Waals surface area (Å²) >= 11 is 0. The molecule has 3 heterocycles. The molecule has 2 aromatic rings. The summed E-state index contributed by atoms with van der Waals surface area (Å²) in [5.41, 5.74) is 2.35. The Morgan fingerprint density at radius 3 is 3.09 bits per heavy atom. The molecule has 22 heavy (non-hydrogen) atoms. The molecule has 1 aliphatic heterocycles. The van der Waals surface area contributed by atoms with Crippen molar-refractivity contribution < 1.29 is 4.74 Å². The van der Waals surface area contributed by atoms with Crippen molar-refractivity contribution in [2.24, 2.45) is 13.0 Å². The van der Waals surface area contributed by atoms with Gasteiger partial charge >= 0.3 is 0 Å². The third kappa shape index (κ3) is 4.11. The van der Waals surface area contributed by atoms with Crippen molar-refractivity contribution in [2.75, 3.05) is 26.3 Å². The molecule has 0 N–H and O–H groups in total. The van der Waals surface area contributed by atoms with Gasteiger partial charge in [0.15, 0.2) is 0 Å². The minimum absolute atomic E-state index is 0.466. The van der Waals surface area contributed by atoms with Crippen LogP contribution in [0.1, 0.15) is 17.1 Å². The van der Waals surface area contributed by atoms with Crippen LogP contribution in [0.3, 0.4) is 0 Å². The predicted octanol–water partition coefficient (Wildman–Crippen LogP) is 1.21. The highest BCUT2D eigenvalue weighted by Crippen LogP contribution is 2.14. The minimum Gasteiger partial charge on any atom is -0.380 e. The monoisotopic (exact) mass is 301 g/mol. The van der Waals surface area contributed by atoms with Crippen molar-refractivity contribution in [2.45, 2.75) is 19.9 Å². The summed E-state index contributed by atoms with van der Waals surface area (Å²) in [7, 11) is 1.95. The zero-order chi connectivity index (χ0) is 15.4. The number of hydrogen-bond acceptors (Lipinski definition) is 5. The van der Waals surface area contributed by atoms with Gasteiger partial charge in [0, 0.05) is 56.3 Å². The Labute approximate surface area is 131 Å². The molecule has 1 atom stereocenters. The van der Waals surface area contributed by atoms with Crippen molar-refractivity contribution in [1.82, 2.24) is 24.6 Å². The van der Waals surface area contributed by atoms with Gasteiger partial charge in [0.2, 0.25) is 0 Å². The highest BCUT2D eigenvalue weighted by atomic mass is 16.5. The lowest BCUT2D eigenvalue weighted by Crippen LogP contribution is -2.30. The van der Waals surface area contributed by atoms with Crippen LogP contribution in [0.2, 0.25) is 0 Å². The first-order valence-corrected chi connectivity index (χ1v) is 7.75.